The first kappa shape index (κ1) is 18.9. The minimum absolute atomic E-state index is 0.0785. The average molecular weight is 426 g/mol. The molecule has 3 aliphatic rings. The second kappa shape index (κ2) is 7.41. The van der Waals surface area contributed by atoms with Gasteiger partial charge in [-0.05, 0) is 35.4 Å². The van der Waals surface area contributed by atoms with Crippen LogP contribution in [-0.2, 0) is 22.4 Å². The fourth-order valence-electron chi connectivity index (χ4n) is 4.81. The van der Waals surface area contributed by atoms with Crippen LogP contribution in [0.1, 0.15) is 11.1 Å². The van der Waals surface area contributed by atoms with Gasteiger partial charge in [0, 0.05) is 25.9 Å². The van der Waals surface area contributed by atoms with Crippen LogP contribution in [0.5, 0.6) is 11.5 Å². The van der Waals surface area contributed by atoms with Gasteiger partial charge in [-0.3, -0.25) is 9.59 Å². The second-order valence-corrected chi connectivity index (χ2v) is 8.31. The van der Waals surface area contributed by atoms with E-state index in [0.29, 0.717) is 25.9 Å². The monoisotopic (exact) mass is 426 g/mol. The number of carbonyl (C=O) groups is 2. The maximum Gasteiger partial charge on any atom is 0.268 e. The number of nitrogens with zero attached hydrogens (tertiary/aromatic N) is 2. The summed E-state index contributed by atoms with van der Waals surface area (Å²) in [5.74, 6) is 1.38. The van der Waals surface area contributed by atoms with Crippen molar-refractivity contribution in [2.24, 2.45) is 0 Å². The Morgan fingerprint density at radius 2 is 1.03 bits per heavy atom. The van der Waals surface area contributed by atoms with Crippen molar-refractivity contribution in [1.82, 2.24) is 0 Å². The molecule has 2 unspecified atom stereocenters. The topological polar surface area (TPSA) is 59.1 Å². The van der Waals surface area contributed by atoms with Gasteiger partial charge in [0.2, 0.25) is 0 Å². The lowest BCUT2D eigenvalue weighted by atomic mass is 10.1. The van der Waals surface area contributed by atoms with Gasteiger partial charge in [0.1, 0.15) is 11.5 Å². The van der Waals surface area contributed by atoms with Crippen molar-refractivity contribution in [3.63, 3.8) is 0 Å². The van der Waals surface area contributed by atoms with Crippen LogP contribution in [-0.4, -0.2) is 37.1 Å². The van der Waals surface area contributed by atoms with Crippen molar-refractivity contribution in [1.29, 1.82) is 0 Å². The van der Waals surface area contributed by atoms with Crippen molar-refractivity contribution in [3.8, 4) is 11.5 Å². The minimum atomic E-state index is -0.546. The molecule has 3 aromatic carbocycles. The first-order valence-corrected chi connectivity index (χ1v) is 10.9. The van der Waals surface area contributed by atoms with Gasteiger partial charge in [-0.15, -0.1) is 0 Å². The molecule has 0 fully saturated rings. The fraction of sp³-hybridized carbons (Fsp3) is 0.231. The summed E-state index contributed by atoms with van der Waals surface area (Å²) in [5, 5.41) is 0. The van der Waals surface area contributed by atoms with Crippen molar-refractivity contribution in [3.05, 3.63) is 83.9 Å². The highest BCUT2D eigenvalue weighted by molar-refractivity contribution is 6.07. The SMILES string of the molecule is O=C(C1Cc2ccccc2O1)N1CCN(C(=O)C2Cc3ccccc3O2)c2ccccc21. The van der Waals surface area contributed by atoms with Crippen molar-refractivity contribution < 1.29 is 19.1 Å². The molecule has 3 aliphatic heterocycles. The van der Waals surface area contributed by atoms with Crippen molar-refractivity contribution >= 4 is 23.2 Å². The first-order chi connectivity index (χ1) is 15.7. The lowest BCUT2D eigenvalue weighted by molar-refractivity contribution is -0.126. The molecule has 0 aromatic heterocycles. The Balaban J connectivity index is 1.24. The van der Waals surface area contributed by atoms with Gasteiger partial charge in [0.05, 0.1) is 11.4 Å². The van der Waals surface area contributed by atoms with Crippen LogP contribution < -0.4 is 19.3 Å². The van der Waals surface area contributed by atoms with E-state index in [9.17, 15) is 9.59 Å². The summed E-state index contributed by atoms with van der Waals surface area (Å²) in [6, 6.07) is 23.1. The Labute approximate surface area is 186 Å². The average Bonchev–Trinajstić information content (AvgIpc) is 3.47. The van der Waals surface area contributed by atoms with E-state index in [4.69, 9.17) is 9.47 Å². The molecule has 6 rings (SSSR count). The van der Waals surface area contributed by atoms with Gasteiger partial charge in [0.15, 0.2) is 12.2 Å². The van der Waals surface area contributed by atoms with Gasteiger partial charge in [-0.25, -0.2) is 0 Å². The molecule has 2 atom stereocenters. The molecular weight excluding hydrogens is 404 g/mol. The van der Waals surface area contributed by atoms with Gasteiger partial charge < -0.3 is 19.3 Å². The predicted octanol–water partition coefficient (Wildman–Crippen LogP) is 3.37. The molecule has 6 heteroatoms. The van der Waals surface area contributed by atoms with Crippen LogP contribution in [0.3, 0.4) is 0 Å². The number of ether oxygens (including phenoxy) is 2. The lowest BCUT2D eigenvalue weighted by Gasteiger charge is -2.38. The summed E-state index contributed by atoms with van der Waals surface area (Å²) in [6.45, 7) is 0.828. The van der Waals surface area contributed by atoms with Crippen LogP contribution in [0.4, 0.5) is 11.4 Å². The van der Waals surface area contributed by atoms with Gasteiger partial charge in [0.25, 0.3) is 11.8 Å². The van der Waals surface area contributed by atoms with E-state index < -0.39 is 12.2 Å². The van der Waals surface area contributed by atoms with Gasteiger partial charge >= 0.3 is 0 Å². The molecule has 0 radical (unpaired) electrons. The van der Waals surface area contributed by atoms with E-state index in [1.54, 1.807) is 9.80 Å². The number of hydrogen-bond donors (Lipinski definition) is 0. The van der Waals surface area contributed by atoms with Crippen LogP contribution in [0.15, 0.2) is 72.8 Å². The number of anilines is 2. The zero-order chi connectivity index (χ0) is 21.7. The molecule has 2 amide bonds. The number of benzene rings is 3. The summed E-state index contributed by atoms with van der Waals surface area (Å²) in [4.78, 5) is 30.3. The summed E-state index contributed by atoms with van der Waals surface area (Å²) < 4.78 is 11.9. The van der Waals surface area contributed by atoms with E-state index in [-0.39, 0.29) is 11.8 Å². The largest absolute Gasteiger partial charge is 0.480 e. The van der Waals surface area contributed by atoms with Crippen molar-refractivity contribution in [2.45, 2.75) is 25.0 Å². The number of hydrogen-bond acceptors (Lipinski definition) is 4. The van der Waals surface area contributed by atoms with E-state index >= 15 is 0 Å². The molecule has 32 heavy (non-hydrogen) atoms. The zero-order valence-corrected chi connectivity index (χ0v) is 17.4. The molecule has 0 spiro atoms. The normalized spacial score (nSPS) is 20.6. The summed E-state index contributed by atoms with van der Waals surface area (Å²) in [5.41, 5.74) is 3.55. The number of rotatable bonds is 2. The smallest absolute Gasteiger partial charge is 0.268 e. The molecule has 0 saturated carbocycles. The van der Waals surface area contributed by atoms with Crippen molar-refractivity contribution in [2.75, 3.05) is 22.9 Å². The van der Waals surface area contributed by atoms with E-state index in [0.717, 1.165) is 34.0 Å². The first-order valence-electron chi connectivity index (χ1n) is 10.9. The molecule has 0 aliphatic carbocycles. The summed E-state index contributed by atoms with van der Waals surface area (Å²) >= 11 is 0. The van der Waals surface area contributed by atoms with Gasteiger partial charge in [-0.1, -0.05) is 48.5 Å². The molecular formula is C26H22N2O4. The Kier molecular flexibility index (Phi) is 4.38. The molecule has 0 saturated heterocycles. The van der Waals surface area contributed by atoms with E-state index in [1.165, 1.54) is 0 Å². The fourth-order valence-corrected chi connectivity index (χ4v) is 4.81. The Bertz CT molecular complexity index is 1080. The molecule has 6 nitrogen and oxygen atoms in total. The number of amides is 2. The molecule has 3 aromatic rings. The maximum absolute atomic E-state index is 13.4. The quantitative estimate of drug-likeness (QED) is 0.631. The number of para-hydroxylation sites is 4. The third-order valence-corrected chi connectivity index (χ3v) is 6.39. The van der Waals surface area contributed by atoms with Crippen LogP contribution >= 0.6 is 0 Å². The number of fused-ring (bicyclic) bond motifs is 3. The highest BCUT2D eigenvalue weighted by atomic mass is 16.5. The Morgan fingerprint density at radius 3 is 1.47 bits per heavy atom. The van der Waals surface area contributed by atoms with Gasteiger partial charge in [-0.2, -0.15) is 0 Å². The number of carbonyl (C=O) groups excluding carboxylic acids is 2. The minimum Gasteiger partial charge on any atom is -0.480 e. The Morgan fingerprint density at radius 1 is 0.625 bits per heavy atom. The second-order valence-electron chi connectivity index (χ2n) is 8.31. The molecule has 0 bridgehead atoms. The zero-order valence-electron chi connectivity index (χ0n) is 17.4. The highest BCUT2D eigenvalue weighted by Gasteiger charge is 2.39. The van der Waals surface area contributed by atoms with Crippen LogP contribution in [0.2, 0.25) is 0 Å². The highest BCUT2D eigenvalue weighted by Crippen LogP contribution is 2.37. The lowest BCUT2D eigenvalue weighted by Crippen LogP contribution is -2.52. The standard InChI is InChI=1S/C26H22N2O4/c29-25(23-15-17-7-1-5-11-21(17)31-23)27-13-14-28(20-10-4-3-9-19(20)27)26(30)24-16-18-8-2-6-12-22(18)32-24/h1-12,23-24H,13-16H2. The third-order valence-electron chi connectivity index (χ3n) is 6.39. The maximum atomic E-state index is 13.4. The Hall–Kier alpha value is -3.80. The third kappa shape index (κ3) is 3.02. The predicted molar refractivity (Wildman–Crippen MR) is 120 cm³/mol. The van der Waals surface area contributed by atoms with Crippen LogP contribution in [0.25, 0.3) is 0 Å². The molecule has 160 valence electrons. The molecule has 0 N–H and O–H groups in total. The molecule has 3 heterocycles. The van der Waals surface area contributed by atoms with E-state index in [2.05, 4.69) is 0 Å². The van der Waals surface area contributed by atoms with Crippen LogP contribution in [0, 0.1) is 0 Å². The summed E-state index contributed by atoms with van der Waals surface area (Å²) in [6.07, 6.45) is 0.0281. The van der Waals surface area contributed by atoms with E-state index in [1.807, 2.05) is 72.8 Å². The summed E-state index contributed by atoms with van der Waals surface area (Å²) in [7, 11) is 0.